The van der Waals surface area contributed by atoms with Gasteiger partial charge in [0.15, 0.2) is 5.65 Å². The molecule has 2 aromatic rings. The van der Waals surface area contributed by atoms with Crippen LogP contribution in [0, 0.1) is 0 Å². The maximum atomic E-state index is 9.55. The number of pyridine rings is 1. The van der Waals surface area contributed by atoms with Crippen molar-refractivity contribution in [3.63, 3.8) is 0 Å². The summed E-state index contributed by atoms with van der Waals surface area (Å²) in [5.74, 6) is 0. The molecule has 0 atom stereocenters. The second-order valence-electron chi connectivity index (χ2n) is 5.21. The van der Waals surface area contributed by atoms with Crippen LogP contribution < -0.4 is 5.32 Å². The van der Waals surface area contributed by atoms with E-state index < -0.39 is 0 Å². The summed E-state index contributed by atoms with van der Waals surface area (Å²) in [6.07, 6.45) is 7.42. The van der Waals surface area contributed by atoms with Crippen LogP contribution in [-0.4, -0.2) is 32.0 Å². The minimum absolute atomic E-state index is 0.113. The number of fused-ring (bicyclic) bond motifs is 1. The fourth-order valence-electron chi connectivity index (χ4n) is 2.77. The Morgan fingerprint density at radius 3 is 2.89 bits per heavy atom. The second-order valence-corrected chi connectivity index (χ2v) is 5.21. The fraction of sp³-hybridized carbons (Fsp3) is 0.571. The van der Waals surface area contributed by atoms with E-state index in [0.717, 1.165) is 48.9 Å². The maximum absolute atomic E-state index is 9.55. The first-order chi connectivity index (χ1) is 9.28. The highest BCUT2D eigenvalue weighted by Gasteiger charge is 2.20. The molecule has 2 heterocycles. The molecule has 102 valence electrons. The first-order valence-electron chi connectivity index (χ1n) is 7.03. The summed E-state index contributed by atoms with van der Waals surface area (Å²) >= 11 is 0. The zero-order valence-electron chi connectivity index (χ0n) is 11.2. The van der Waals surface area contributed by atoms with Crippen LogP contribution in [0.3, 0.4) is 0 Å². The van der Waals surface area contributed by atoms with E-state index in [1.807, 2.05) is 23.1 Å². The van der Waals surface area contributed by atoms with E-state index in [1.54, 1.807) is 0 Å². The van der Waals surface area contributed by atoms with Crippen LogP contribution in [0.25, 0.3) is 11.0 Å². The highest BCUT2D eigenvalue weighted by molar-refractivity contribution is 5.88. The normalized spacial score (nSPS) is 23.7. The lowest BCUT2D eigenvalue weighted by Crippen LogP contribution is -2.28. The van der Waals surface area contributed by atoms with Gasteiger partial charge >= 0.3 is 0 Å². The van der Waals surface area contributed by atoms with Crippen molar-refractivity contribution in [2.75, 3.05) is 5.32 Å². The quantitative estimate of drug-likeness (QED) is 0.887. The zero-order valence-corrected chi connectivity index (χ0v) is 11.2. The minimum Gasteiger partial charge on any atom is -0.393 e. The molecule has 1 aliphatic rings. The molecule has 0 amide bonds. The molecule has 1 fully saturated rings. The van der Waals surface area contributed by atoms with Crippen LogP contribution in [0.2, 0.25) is 0 Å². The Morgan fingerprint density at radius 1 is 1.37 bits per heavy atom. The zero-order chi connectivity index (χ0) is 13.2. The smallest absolute Gasteiger partial charge is 0.159 e. The maximum Gasteiger partial charge on any atom is 0.159 e. The molecule has 5 heteroatoms. The minimum atomic E-state index is -0.113. The molecule has 0 unspecified atom stereocenters. The van der Waals surface area contributed by atoms with E-state index in [9.17, 15) is 5.11 Å². The molecule has 1 aliphatic carbocycles. The van der Waals surface area contributed by atoms with Crippen molar-refractivity contribution >= 4 is 16.7 Å². The lowest BCUT2D eigenvalue weighted by Gasteiger charge is -2.27. The Kier molecular flexibility index (Phi) is 3.38. The Hall–Kier alpha value is -1.62. The van der Waals surface area contributed by atoms with Gasteiger partial charge in [0, 0.05) is 24.5 Å². The number of hydrogen-bond acceptors (Lipinski definition) is 4. The summed E-state index contributed by atoms with van der Waals surface area (Å²) in [7, 11) is 0. The molecule has 0 spiro atoms. The van der Waals surface area contributed by atoms with Crippen molar-refractivity contribution in [2.45, 2.75) is 51.3 Å². The number of aromatic nitrogens is 3. The largest absolute Gasteiger partial charge is 0.393 e. The third-order valence-corrected chi connectivity index (χ3v) is 3.90. The van der Waals surface area contributed by atoms with Gasteiger partial charge in [0.1, 0.15) is 0 Å². The van der Waals surface area contributed by atoms with Gasteiger partial charge in [0.05, 0.1) is 17.7 Å². The monoisotopic (exact) mass is 260 g/mol. The van der Waals surface area contributed by atoms with Crippen LogP contribution in [0.15, 0.2) is 18.5 Å². The van der Waals surface area contributed by atoms with Gasteiger partial charge in [-0.3, -0.25) is 0 Å². The van der Waals surface area contributed by atoms with Gasteiger partial charge in [0.25, 0.3) is 0 Å². The van der Waals surface area contributed by atoms with Gasteiger partial charge in [0.2, 0.25) is 0 Å². The lowest BCUT2D eigenvalue weighted by atomic mass is 9.93. The molecule has 0 aromatic carbocycles. The highest BCUT2D eigenvalue weighted by Crippen LogP contribution is 2.26. The van der Waals surface area contributed by atoms with Crippen molar-refractivity contribution < 1.29 is 5.11 Å². The number of aliphatic hydroxyl groups is 1. The summed E-state index contributed by atoms with van der Waals surface area (Å²) in [5, 5.41) is 18.6. The number of aryl methyl sites for hydroxylation is 1. The number of rotatable bonds is 3. The Morgan fingerprint density at radius 2 is 2.16 bits per heavy atom. The highest BCUT2D eigenvalue weighted by atomic mass is 16.3. The first-order valence-corrected chi connectivity index (χ1v) is 7.03. The van der Waals surface area contributed by atoms with Crippen LogP contribution in [-0.2, 0) is 6.54 Å². The Balaban J connectivity index is 1.83. The van der Waals surface area contributed by atoms with E-state index in [2.05, 4.69) is 22.3 Å². The van der Waals surface area contributed by atoms with E-state index in [4.69, 9.17) is 0 Å². The molecule has 0 saturated heterocycles. The SMILES string of the molecule is CCn1ncc2c(NC3CCC(O)CC3)ccnc21. The van der Waals surface area contributed by atoms with Gasteiger partial charge in [-0.1, -0.05) is 0 Å². The van der Waals surface area contributed by atoms with Gasteiger partial charge in [-0.15, -0.1) is 0 Å². The van der Waals surface area contributed by atoms with Crippen LogP contribution in [0.1, 0.15) is 32.6 Å². The summed E-state index contributed by atoms with van der Waals surface area (Å²) in [5.41, 5.74) is 2.04. The number of nitrogens with zero attached hydrogens (tertiary/aromatic N) is 3. The summed E-state index contributed by atoms with van der Waals surface area (Å²) < 4.78 is 1.91. The van der Waals surface area contributed by atoms with E-state index in [1.165, 1.54) is 0 Å². The predicted molar refractivity (Wildman–Crippen MR) is 75.1 cm³/mol. The van der Waals surface area contributed by atoms with Gasteiger partial charge < -0.3 is 10.4 Å². The third kappa shape index (κ3) is 2.42. The van der Waals surface area contributed by atoms with Crippen LogP contribution >= 0.6 is 0 Å². The van der Waals surface area contributed by atoms with Crippen molar-refractivity contribution in [1.29, 1.82) is 0 Å². The molecular formula is C14H20N4O. The topological polar surface area (TPSA) is 63.0 Å². The molecule has 2 aromatic heterocycles. The summed E-state index contributed by atoms with van der Waals surface area (Å²) in [6.45, 7) is 2.90. The van der Waals surface area contributed by atoms with Crippen molar-refractivity contribution in [3.05, 3.63) is 18.5 Å². The van der Waals surface area contributed by atoms with Gasteiger partial charge in [-0.2, -0.15) is 5.10 Å². The second kappa shape index (κ2) is 5.17. The molecule has 0 aliphatic heterocycles. The molecule has 0 radical (unpaired) electrons. The van der Waals surface area contributed by atoms with Crippen molar-refractivity contribution in [3.8, 4) is 0 Å². The van der Waals surface area contributed by atoms with Gasteiger partial charge in [-0.25, -0.2) is 9.67 Å². The Labute approximate surface area is 112 Å². The molecule has 19 heavy (non-hydrogen) atoms. The summed E-state index contributed by atoms with van der Waals surface area (Å²) in [4.78, 5) is 4.40. The number of aliphatic hydroxyl groups excluding tert-OH is 1. The number of hydrogen-bond donors (Lipinski definition) is 2. The molecule has 2 N–H and O–H groups in total. The van der Waals surface area contributed by atoms with E-state index in [-0.39, 0.29) is 6.10 Å². The number of anilines is 1. The van der Waals surface area contributed by atoms with Crippen LogP contribution in [0.4, 0.5) is 5.69 Å². The average molecular weight is 260 g/mol. The average Bonchev–Trinajstić information content (AvgIpc) is 2.85. The standard InChI is InChI=1S/C14H20N4O/c1-2-18-14-12(9-16-18)13(7-8-15-14)17-10-3-5-11(19)6-4-10/h7-11,19H,2-6H2,1H3,(H,15,17). The van der Waals surface area contributed by atoms with Crippen molar-refractivity contribution in [1.82, 2.24) is 14.8 Å². The molecule has 5 nitrogen and oxygen atoms in total. The molecular weight excluding hydrogens is 240 g/mol. The van der Waals surface area contributed by atoms with E-state index >= 15 is 0 Å². The van der Waals surface area contributed by atoms with E-state index in [0.29, 0.717) is 6.04 Å². The molecule has 0 bridgehead atoms. The fourth-order valence-corrected chi connectivity index (χ4v) is 2.77. The molecule has 1 saturated carbocycles. The third-order valence-electron chi connectivity index (χ3n) is 3.90. The Bertz CT molecular complexity index is 558. The first kappa shape index (κ1) is 12.4. The lowest BCUT2D eigenvalue weighted by molar-refractivity contribution is 0.126. The van der Waals surface area contributed by atoms with Gasteiger partial charge in [-0.05, 0) is 38.7 Å². The van der Waals surface area contributed by atoms with Crippen molar-refractivity contribution in [2.24, 2.45) is 0 Å². The number of nitrogens with one attached hydrogen (secondary N) is 1. The summed E-state index contributed by atoms with van der Waals surface area (Å²) in [6, 6.07) is 2.45. The predicted octanol–water partition coefficient (Wildman–Crippen LogP) is 2.17. The van der Waals surface area contributed by atoms with Crippen LogP contribution in [0.5, 0.6) is 0 Å². The molecule has 3 rings (SSSR count).